The lowest BCUT2D eigenvalue weighted by Crippen LogP contribution is -2.21. The maximum atomic E-state index is 12.2. The van der Waals surface area contributed by atoms with Gasteiger partial charge in [-0.05, 0) is 12.1 Å². The number of ether oxygens (including phenoxy) is 1. The molecule has 20 heavy (non-hydrogen) atoms. The van der Waals surface area contributed by atoms with E-state index in [1.165, 1.54) is 24.3 Å². The van der Waals surface area contributed by atoms with Crippen LogP contribution in [0.5, 0.6) is 5.75 Å². The zero-order valence-electron chi connectivity index (χ0n) is 10.2. The van der Waals surface area contributed by atoms with E-state index in [9.17, 15) is 18.0 Å². The Morgan fingerprint density at radius 2 is 2.05 bits per heavy atom. The number of alkyl halides is 3. The molecule has 0 spiro atoms. The van der Waals surface area contributed by atoms with Crippen molar-refractivity contribution >= 4 is 27.9 Å². The van der Waals surface area contributed by atoms with Crippen LogP contribution in [0, 0.1) is 0 Å². The van der Waals surface area contributed by atoms with Gasteiger partial charge >= 0.3 is 6.36 Å². The molecule has 1 rings (SSSR count). The van der Waals surface area contributed by atoms with Crippen LogP contribution in [-0.4, -0.2) is 18.8 Å². The van der Waals surface area contributed by atoms with Gasteiger partial charge in [0.05, 0.1) is 0 Å². The van der Waals surface area contributed by atoms with Crippen LogP contribution < -0.4 is 10.1 Å². The van der Waals surface area contributed by atoms with Gasteiger partial charge in [0.1, 0.15) is 5.75 Å². The van der Waals surface area contributed by atoms with E-state index in [0.717, 1.165) is 6.08 Å². The lowest BCUT2D eigenvalue weighted by atomic mass is 10.2. The van der Waals surface area contributed by atoms with Crippen LogP contribution in [0.25, 0.3) is 6.08 Å². The number of rotatable bonds is 5. The van der Waals surface area contributed by atoms with E-state index in [1.54, 1.807) is 6.07 Å². The van der Waals surface area contributed by atoms with Gasteiger partial charge in [-0.25, -0.2) is 0 Å². The van der Waals surface area contributed by atoms with Crippen molar-refractivity contribution in [2.24, 2.45) is 0 Å². The van der Waals surface area contributed by atoms with E-state index in [2.05, 4.69) is 32.6 Å². The summed E-state index contributed by atoms with van der Waals surface area (Å²) in [5, 5.41) is 2.48. The van der Waals surface area contributed by atoms with Gasteiger partial charge in [0.15, 0.2) is 0 Å². The third-order valence-corrected chi connectivity index (χ3v) is 2.29. The van der Waals surface area contributed by atoms with Gasteiger partial charge in [0, 0.05) is 22.7 Å². The first-order chi connectivity index (χ1) is 9.28. The van der Waals surface area contributed by atoms with Crippen LogP contribution in [0.3, 0.4) is 0 Å². The number of amides is 1. The highest BCUT2D eigenvalue weighted by Gasteiger charge is 2.31. The van der Waals surface area contributed by atoms with Crippen molar-refractivity contribution in [3.8, 4) is 5.75 Å². The highest BCUT2D eigenvalue weighted by Crippen LogP contribution is 2.26. The Bertz CT molecular complexity index is 527. The molecule has 0 aliphatic rings. The first-order valence-electron chi connectivity index (χ1n) is 5.42. The molecule has 0 saturated carbocycles. The second-order valence-corrected chi connectivity index (χ2v) is 4.78. The fourth-order valence-corrected chi connectivity index (χ4v) is 1.38. The summed E-state index contributed by atoms with van der Waals surface area (Å²) < 4.78 is 41.0. The van der Waals surface area contributed by atoms with Crippen LogP contribution >= 0.6 is 15.9 Å². The molecular formula is C13H11BrF3NO2. The molecule has 1 amide bonds. The Labute approximate surface area is 122 Å². The summed E-state index contributed by atoms with van der Waals surface area (Å²) in [6.07, 6.45) is -2.41. The Balaban J connectivity index is 2.76. The second-order valence-electron chi connectivity index (χ2n) is 3.65. The SMILES string of the molecule is C=C(Br)CNC(=O)/C=C/c1ccccc1OC(F)(F)F. The van der Waals surface area contributed by atoms with Crippen molar-refractivity contribution in [2.75, 3.05) is 6.54 Å². The molecule has 0 aliphatic heterocycles. The van der Waals surface area contributed by atoms with Crippen LogP contribution in [-0.2, 0) is 4.79 Å². The molecule has 3 nitrogen and oxygen atoms in total. The first-order valence-corrected chi connectivity index (χ1v) is 6.21. The summed E-state index contributed by atoms with van der Waals surface area (Å²) >= 11 is 3.07. The largest absolute Gasteiger partial charge is 0.573 e. The van der Waals surface area contributed by atoms with Crippen LogP contribution in [0.2, 0.25) is 0 Å². The van der Waals surface area contributed by atoms with Crippen LogP contribution in [0.4, 0.5) is 13.2 Å². The minimum atomic E-state index is -4.78. The maximum absolute atomic E-state index is 12.2. The van der Waals surface area contributed by atoms with Crippen molar-refractivity contribution in [3.05, 3.63) is 47.0 Å². The number of benzene rings is 1. The normalized spacial score (nSPS) is 11.4. The number of hydrogen-bond acceptors (Lipinski definition) is 2. The molecule has 108 valence electrons. The van der Waals surface area contributed by atoms with E-state index < -0.39 is 12.3 Å². The molecule has 0 aliphatic carbocycles. The zero-order valence-corrected chi connectivity index (χ0v) is 11.8. The Hall–Kier alpha value is -1.76. The Morgan fingerprint density at radius 1 is 1.40 bits per heavy atom. The van der Waals surface area contributed by atoms with Gasteiger partial charge in [-0.3, -0.25) is 4.79 Å². The first kappa shape index (κ1) is 16.3. The summed E-state index contributed by atoms with van der Waals surface area (Å²) in [6.45, 7) is 3.76. The van der Waals surface area contributed by atoms with Crippen molar-refractivity contribution in [1.29, 1.82) is 0 Å². The minimum Gasteiger partial charge on any atom is -0.405 e. The van der Waals surface area contributed by atoms with Crippen molar-refractivity contribution < 1.29 is 22.7 Å². The summed E-state index contributed by atoms with van der Waals surface area (Å²) in [4.78, 5) is 11.4. The molecule has 0 heterocycles. The zero-order chi connectivity index (χ0) is 15.2. The van der Waals surface area contributed by atoms with E-state index in [1.807, 2.05) is 0 Å². The topological polar surface area (TPSA) is 38.3 Å². The number of para-hydroxylation sites is 1. The highest BCUT2D eigenvalue weighted by molar-refractivity contribution is 9.11. The number of nitrogens with one attached hydrogen (secondary N) is 1. The molecule has 0 aromatic heterocycles. The lowest BCUT2D eigenvalue weighted by molar-refractivity contribution is -0.274. The predicted molar refractivity (Wildman–Crippen MR) is 73.2 cm³/mol. The molecule has 0 bridgehead atoms. The molecular weight excluding hydrogens is 339 g/mol. The summed E-state index contributed by atoms with van der Waals surface area (Å²) in [7, 11) is 0. The second kappa shape index (κ2) is 7.14. The standard InChI is InChI=1S/C13H11BrF3NO2/c1-9(14)8-18-12(19)7-6-10-4-2-3-5-11(10)20-13(15,16)17/h2-7H,1,8H2,(H,18,19)/b7-6+. The molecule has 1 N–H and O–H groups in total. The molecule has 0 atom stereocenters. The molecule has 1 aromatic rings. The van der Waals surface area contributed by atoms with Crippen molar-refractivity contribution in [1.82, 2.24) is 5.32 Å². The maximum Gasteiger partial charge on any atom is 0.573 e. The third kappa shape index (κ3) is 6.42. The lowest BCUT2D eigenvalue weighted by Gasteiger charge is -2.10. The molecule has 7 heteroatoms. The van der Waals surface area contributed by atoms with E-state index >= 15 is 0 Å². The average molecular weight is 350 g/mol. The molecule has 1 aromatic carbocycles. The number of hydrogen-bond donors (Lipinski definition) is 1. The number of carbonyl (C=O) groups is 1. The summed E-state index contributed by atoms with van der Waals surface area (Å²) in [6, 6.07) is 5.54. The van der Waals surface area contributed by atoms with Gasteiger partial charge in [0.2, 0.25) is 5.91 Å². The van der Waals surface area contributed by atoms with Crippen molar-refractivity contribution in [3.63, 3.8) is 0 Å². The minimum absolute atomic E-state index is 0.151. The monoisotopic (exact) mass is 349 g/mol. The molecule has 0 unspecified atom stereocenters. The van der Waals surface area contributed by atoms with Crippen LogP contribution in [0.15, 0.2) is 41.4 Å². The molecule has 0 radical (unpaired) electrons. The predicted octanol–water partition coefficient (Wildman–Crippen LogP) is 3.62. The summed E-state index contributed by atoms with van der Waals surface area (Å²) in [5.41, 5.74) is 0.151. The van der Waals surface area contributed by atoms with Gasteiger partial charge < -0.3 is 10.1 Å². The highest BCUT2D eigenvalue weighted by atomic mass is 79.9. The van der Waals surface area contributed by atoms with Crippen molar-refractivity contribution in [2.45, 2.75) is 6.36 Å². The van der Waals surface area contributed by atoms with Gasteiger partial charge in [-0.1, -0.05) is 40.7 Å². The Morgan fingerprint density at radius 3 is 2.65 bits per heavy atom. The molecule has 0 fully saturated rings. The van der Waals surface area contributed by atoms with E-state index in [-0.39, 0.29) is 17.9 Å². The average Bonchev–Trinajstić information content (AvgIpc) is 2.33. The van der Waals surface area contributed by atoms with E-state index in [4.69, 9.17) is 0 Å². The van der Waals surface area contributed by atoms with E-state index in [0.29, 0.717) is 4.48 Å². The quantitative estimate of drug-likeness (QED) is 0.824. The number of carbonyl (C=O) groups excluding carboxylic acids is 1. The van der Waals surface area contributed by atoms with Gasteiger partial charge in [0.25, 0.3) is 0 Å². The molecule has 0 saturated heterocycles. The third-order valence-electron chi connectivity index (χ3n) is 2.01. The smallest absolute Gasteiger partial charge is 0.405 e. The summed E-state index contributed by atoms with van der Waals surface area (Å²) in [5.74, 6) is -0.818. The van der Waals surface area contributed by atoms with Gasteiger partial charge in [-0.15, -0.1) is 13.2 Å². The Kier molecular flexibility index (Phi) is 5.82. The van der Waals surface area contributed by atoms with Crippen LogP contribution in [0.1, 0.15) is 5.56 Å². The van der Waals surface area contributed by atoms with Gasteiger partial charge in [-0.2, -0.15) is 0 Å². The fourth-order valence-electron chi connectivity index (χ4n) is 1.24. The fraction of sp³-hybridized carbons (Fsp3) is 0.154. The number of halogens is 4.